The number of nitrogens with zero attached hydrogens (tertiary/aromatic N) is 1. The molecule has 0 aliphatic carbocycles. The average molecular weight is 260 g/mol. The van der Waals surface area contributed by atoms with Gasteiger partial charge >= 0.3 is 0 Å². The summed E-state index contributed by atoms with van der Waals surface area (Å²) >= 11 is 0. The number of benzene rings is 1. The first-order valence-corrected chi connectivity index (χ1v) is 6.48. The molecule has 0 bridgehead atoms. The summed E-state index contributed by atoms with van der Waals surface area (Å²) in [6.07, 6.45) is 0.420. The molecule has 0 amide bonds. The number of methoxy groups -OCH3 is 1. The number of anilines is 1. The molecule has 1 heterocycles. The second-order valence-electron chi connectivity index (χ2n) is 4.73. The normalized spacial score (nSPS) is 12.4. The highest BCUT2D eigenvalue weighted by Crippen LogP contribution is 2.29. The molecule has 102 valence electrons. The van der Waals surface area contributed by atoms with Gasteiger partial charge in [0.15, 0.2) is 0 Å². The highest BCUT2D eigenvalue weighted by molar-refractivity contribution is 5.95. The lowest BCUT2D eigenvalue weighted by Gasteiger charge is -2.13. The monoisotopic (exact) mass is 260 g/mol. The highest BCUT2D eigenvalue weighted by Gasteiger charge is 2.08. The number of nitrogens with one attached hydrogen (secondary N) is 1. The van der Waals surface area contributed by atoms with Crippen molar-refractivity contribution in [1.29, 1.82) is 0 Å². The van der Waals surface area contributed by atoms with Crippen LogP contribution in [0.1, 0.15) is 19.0 Å². The number of pyridine rings is 1. The Bertz CT molecular complexity index is 567. The molecule has 0 radical (unpaired) electrons. The maximum absolute atomic E-state index is 9.31. The minimum absolute atomic E-state index is 0.295. The molecule has 2 N–H and O–H groups in total. The van der Waals surface area contributed by atoms with E-state index >= 15 is 0 Å². The topological polar surface area (TPSA) is 54.4 Å². The van der Waals surface area contributed by atoms with Gasteiger partial charge in [-0.1, -0.05) is 12.1 Å². The first-order chi connectivity index (χ1) is 9.11. The summed E-state index contributed by atoms with van der Waals surface area (Å²) in [5.74, 6) is 0.778. The van der Waals surface area contributed by atoms with E-state index in [-0.39, 0.29) is 6.10 Å². The van der Waals surface area contributed by atoms with Crippen molar-refractivity contribution in [3.63, 3.8) is 0 Å². The molecule has 19 heavy (non-hydrogen) atoms. The summed E-state index contributed by atoms with van der Waals surface area (Å²) in [5.41, 5.74) is 2.84. The van der Waals surface area contributed by atoms with Crippen LogP contribution in [-0.2, 0) is 0 Å². The van der Waals surface area contributed by atoms with Crippen LogP contribution in [0.5, 0.6) is 5.75 Å². The van der Waals surface area contributed by atoms with Crippen LogP contribution in [0.15, 0.2) is 24.3 Å². The van der Waals surface area contributed by atoms with Crippen molar-refractivity contribution in [2.75, 3.05) is 19.0 Å². The molecule has 0 aliphatic rings. The van der Waals surface area contributed by atoms with Gasteiger partial charge in [-0.25, -0.2) is 4.98 Å². The van der Waals surface area contributed by atoms with Crippen LogP contribution in [0.4, 0.5) is 5.69 Å². The second-order valence-corrected chi connectivity index (χ2v) is 4.73. The van der Waals surface area contributed by atoms with Crippen molar-refractivity contribution in [1.82, 2.24) is 4.98 Å². The molecular weight excluding hydrogens is 240 g/mol. The molecule has 1 aromatic carbocycles. The Kier molecular flexibility index (Phi) is 4.22. The lowest BCUT2D eigenvalue weighted by Crippen LogP contribution is -2.10. The van der Waals surface area contributed by atoms with Crippen molar-refractivity contribution < 1.29 is 9.84 Å². The van der Waals surface area contributed by atoms with Crippen LogP contribution < -0.4 is 10.1 Å². The van der Waals surface area contributed by atoms with E-state index in [1.807, 2.05) is 31.2 Å². The first kappa shape index (κ1) is 13.6. The number of aryl methyl sites for hydroxylation is 1. The Hall–Kier alpha value is -1.81. The summed E-state index contributed by atoms with van der Waals surface area (Å²) in [6.45, 7) is 4.49. The van der Waals surface area contributed by atoms with Crippen molar-refractivity contribution in [3.05, 3.63) is 30.0 Å². The number of ether oxygens (including phenoxy) is 1. The van der Waals surface area contributed by atoms with Gasteiger partial charge in [-0.3, -0.25) is 0 Å². The van der Waals surface area contributed by atoms with Crippen molar-refractivity contribution in [2.45, 2.75) is 26.4 Å². The number of hydrogen-bond acceptors (Lipinski definition) is 4. The molecule has 4 heteroatoms. The number of aromatic nitrogens is 1. The van der Waals surface area contributed by atoms with Gasteiger partial charge < -0.3 is 15.2 Å². The van der Waals surface area contributed by atoms with E-state index in [9.17, 15) is 5.11 Å². The van der Waals surface area contributed by atoms with Crippen molar-refractivity contribution >= 4 is 16.6 Å². The fourth-order valence-electron chi connectivity index (χ4n) is 2.08. The third kappa shape index (κ3) is 3.15. The Balaban J connectivity index is 2.37. The van der Waals surface area contributed by atoms with Crippen molar-refractivity contribution in [3.8, 4) is 5.75 Å². The number of rotatable bonds is 5. The summed E-state index contributed by atoms with van der Waals surface area (Å²) in [7, 11) is 1.65. The zero-order valence-electron chi connectivity index (χ0n) is 11.6. The zero-order chi connectivity index (χ0) is 13.8. The van der Waals surface area contributed by atoms with Crippen LogP contribution in [0.3, 0.4) is 0 Å². The molecule has 0 saturated carbocycles. The van der Waals surface area contributed by atoms with Gasteiger partial charge in [-0.15, -0.1) is 0 Å². The van der Waals surface area contributed by atoms with E-state index < -0.39 is 0 Å². The minimum Gasteiger partial charge on any atom is -0.494 e. The zero-order valence-corrected chi connectivity index (χ0v) is 11.6. The number of fused-ring (bicyclic) bond motifs is 1. The van der Waals surface area contributed by atoms with Gasteiger partial charge in [0.2, 0.25) is 0 Å². The van der Waals surface area contributed by atoms with Gasteiger partial charge in [-0.05, 0) is 32.4 Å². The lowest BCUT2D eigenvalue weighted by molar-refractivity contribution is 0.189. The second kappa shape index (κ2) is 5.89. The van der Waals surface area contributed by atoms with E-state index in [0.717, 1.165) is 34.6 Å². The van der Waals surface area contributed by atoms with E-state index in [2.05, 4.69) is 10.3 Å². The fourth-order valence-corrected chi connectivity index (χ4v) is 2.08. The smallest absolute Gasteiger partial charge is 0.145 e. The molecule has 1 unspecified atom stereocenters. The van der Waals surface area contributed by atoms with Gasteiger partial charge in [0, 0.05) is 23.3 Å². The average Bonchev–Trinajstić information content (AvgIpc) is 2.37. The van der Waals surface area contributed by atoms with Crippen molar-refractivity contribution in [2.24, 2.45) is 0 Å². The Labute approximate surface area is 113 Å². The number of aliphatic hydroxyl groups is 1. The predicted octanol–water partition coefficient (Wildman–Crippen LogP) is 2.73. The first-order valence-electron chi connectivity index (χ1n) is 6.48. The molecule has 1 atom stereocenters. The third-order valence-electron chi connectivity index (χ3n) is 3.03. The number of para-hydroxylation sites is 1. The van der Waals surface area contributed by atoms with Gasteiger partial charge in [0.25, 0.3) is 0 Å². The highest BCUT2D eigenvalue weighted by atomic mass is 16.5. The summed E-state index contributed by atoms with van der Waals surface area (Å²) < 4.78 is 5.35. The van der Waals surface area contributed by atoms with Crippen LogP contribution in [0.25, 0.3) is 10.9 Å². The Morgan fingerprint density at radius 1 is 1.42 bits per heavy atom. The SMILES string of the molecule is COc1cccc2c(NCCC(C)O)cc(C)nc12. The maximum Gasteiger partial charge on any atom is 0.145 e. The molecular formula is C15H20N2O2. The lowest BCUT2D eigenvalue weighted by atomic mass is 10.1. The van der Waals surface area contributed by atoms with E-state index in [0.29, 0.717) is 6.42 Å². The van der Waals surface area contributed by atoms with Crippen LogP contribution in [0.2, 0.25) is 0 Å². The number of hydrogen-bond donors (Lipinski definition) is 2. The maximum atomic E-state index is 9.31. The molecule has 0 spiro atoms. The predicted molar refractivity (Wildman–Crippen MR) is 77.8 cm³/mol. The Morgan fingerprint density at radius 3 is 2.89 bits per heavy atom. The minimum atomic E-state index is -0.295. The summed E-state index contributed by atoms with van der Waals surface area (Å²) in [5, 5.41) is 13.7. The molecule has 0 saturated heterocycles. The van der Waals surface area contributed by atoms with Gasteiger partial charge in [0.05, 0.1) is 13.2 Å². The van der Waals surface area contributed by atoms with Gasteiger partial charge in [-0.2, -0.15) is 0 Å². The molecule has 4 nitrogen and oxygen atoms in total. The fraction of sp³-hybridized carbons (Fsp3) is 0.400. The van der Waals surface area contributed by atoms with E-state index in [1.165, 1.54) is 0 Å². The molecule has 0 fully saturated rings. The number of aliphatic hydroxyl groups excluding tert-OH is 1. The molecule has 0 aliphatic heterocycles. The third-order valence-corrected chi connectivity index (χ3v) is 3.03. The van der Waals surface area contributed by atoms with E-state index in [4.69, 9.17) is 4.74 Å². The van der Waals surface area contributed by atoms with Gasteiger partial charge in [0.1, 0.15) is 11.3 Å². The van der Waals surface area contributed by atoms with Crippen LogP contribution >= 0.6 is 0 Å². The molecule has 2 aromatic rings. The summed E-state index contributed by atoms with van der Waals surface area (Å²) in [6, 6.07) is 7.91. The quantitative estimate of drug-likeness (QED) is 0.868. The Morgan fingerprint density at radius 2 is 2.21 bits per heavy atom. The van der Waals surface area contributed by atoms with Crippen LogP contribution in [-0.4, -0.2) is 29.8 Å². The van der Waals surface area contributed by atoms with Crippen LogP contribution in [0, 0.1) is 6.92 Å². The van der Waals surface area contributed by atoms with E-state index in [1.54, 1.807) is 14.0 Å². The molecule has 2 rings (SSSR count). The largest absolute Gasteiger partial charge is 0.494 e. The standard InChI is InChI=1S/C15H20N2O2/c1-10-9-13(16-8-7-11(2)18)12-5-4-6-14(19-3)15(12)17-10/h4-6,9,11,18H,7-8H2,1-3H3,(H,16,17). The molecule has 1 aromatic heterocycles. The summed E-state index contributed by atoms with van der Waals surface area (Å²) in [4.78, 5) is 4.54.